The van der Waals surface area contributed by atoms with Crippen LogP contribution in [0.25, 0.3) is 11.0 Å². The predicted octanol–water partition coefficient (Wildman–Crippen LogP) is 5.32. The summed E-state index contributed by atoms with van der Waals surface area (Å²) in [5, 5.41) is 15.8. The fraction of sp³-hybridized carbons (Fsp3) is 0.488. The van der Waals surface area contributed by atoms with Crippen molar-refractivity contribution in [3.8, 4) is 0 Å². The molecule has 326 valence electrons. The van der Waals surface area contributed by atoms with E-state index in [2.05, 4.69) is 20.5 Å². The van der Waals surface area contributed by atoms with Gasteiger partial charge in [-0.15, -0.1) is 0 Å². The second kappa shape index (κ2) is 17.0. The molecule has 0 spiro atoms. The summed E-state index contributed by atoms with van der Waals surface area (Å²) in [4.78, 5) is 63.3. The first kappa shape index (κ1) is 43.5. The summed E-state index contributed by atoms with van der Waals surface area (Å²) < 4.78 is 58.8. The highest BCUT2D eigenvalue weighted by molar-refractivity contribution is 6.04. The van der Waals surface area contributed by atoms with E-state index in [-0.39, 0.29) is 54.3 Å². The number of amides is 3. The van der Waals surface area contributed by atoms with Crippen LogP contribution in [0.4, 0.5) is 34.6 Å². The number of carbonyl (C=O) groups excluding carboxylic acids is 3. The van der Waals surface area contributed by atoms with Crippen molar-refractivity contribution in [2.75, 3.05) is 42.6 Å². The predicted molar refractivity (Wildman–Crippen MR) is 223 cm³/mol. The molecule has 2 saturated heterocycles. The number of fused-ring (bicyclic) bond motifs is 1. The first-order valence-electron chi connectivity index (χ1n) is 20.5. The number of aryl methyl sites for hydroxylation is 1. The van der Waals surface area contributed by atoms with Crippen molar-refractivity contribution in [2.45, 2.75) is 94.9 Å². The fourth-order valence-electron chi connectivity index (χ4n) is 8.98. The average molecular weight is 850 g/mol. The van der Waals surface area contributed by atoms with Crippen molar-refractivity contribution in [2.24, 2.45) is 18.0 Å². The number of piperidine rings is 2. The Labute approximate surface area is 349 Å². The van der Waals surface area contributed by atoms with E-state index in [0.717, 1.165) is 44.4 Å². The topological polar surface area (TPSA) is 180 Å². The Kier molecular flexibility index (Phi) is 12.1. The van der Waals surface area contributed by atoms with Gasteiger partial charge in [0.15, 0.2) is 0 Å². The minimum atomic E-state index is -4.73. The van der Waals surface area contributed by atoms with Gasteiger partial charge in [-0.05, 0) is 102 Å². The Morgan fingerprint density at radius 1 is 1.07 bits per heavy atom. The van der Waals surface area contributed by atoms with Crippen LogP contribution in [-0.4, -0.2) is 93.0 Å². The Morgan fingerprint density at radius 2 is 1.79 bits per heavy atom. The molecule has 5 N–H and O–H groups in total. The van der Waals surface area contributed by atoms with Crippen molar-refractivity contribution in [3.05, 3.63) is 81.5 Å². The summed E-state index contributed by atoms with van der Waals surface area (Å²) in [5.41, 5.74) is 5.95. The van der Waals surface area contributed by atoms with Crippen LogP contribution in [0.15, 0.2) is 58.3 Å². The number of carbonyl (C=O) groups is 3. The number of aliphatic imine (C=N–C) groups is 1. The summed E-state index contributed by atoms with van der Waals surface area (Å²) in [6.45, 7) is 4.43. The number of hydrogen-bond acceptors (Lipinski definition) is 10. The van der Waals surface area contributed by atoms with E-state index >= 15 is 4.39 Å². The Hall–Kier alpha value is -5.62. The molecular weight excluding hydrogens is 799 g/mol. The lowest BCUT2D eigenvalue weighted by Crippen LogP contribution is -2.52. The molecule has 0 bridgehead atoms. The van der Waals surface area contributed by atoms with E-state index in [4.69, 9.17) is 10.7 Å². The standard InChI is InChI=1S/C43H51F4N9O5/c1-42(2,61)27-20-29(48)25(19-31(27)51-39(58)30-7-5-10-36(50-30)43(45,46)47)21-49-26-13-11-24(12-14-26)22-53(3)32-17-18-55(23-28(32)44)33-8-6-9-34-38(33)54(4)41(60)56(34)35-15-16-37(57)52-40(35)59/h5-10,19-21,24,26,28,32,35,61H,11-18,22-23,48H2,1-4H3,(H,51,58)(H,52,57,59)/t24?,26?,28-,32-,35?/m0/s1. The largest absolute Gasteiger partial charge is 0.433 e. The number of imide groups is 1. The van der Waals surface area contributed by atoms with Crippen LogP contribution in [-0.2, 0) is 28.4 Å². The molecule has 18 heteroatoms. The molecule has 0 radical (unpaired) electrons. The number of nitrogens with zero attached hydrogens (tertiary/aromatic N) is 6. The number of halogens is 4. The lowest BCUT2D eigenvalue weighted by molar-refractivity contribution is -0.141. The van der Waals surface area contributed by atoms with Gasteiger partial charge in [-0.25, -0.2) is 14.2 Å². The van der Waals surface area contributed by atoms with Gasteiger partial charge in [-0.3, -0.25) is 33.8 Å². The zero-order valence-corrected chi connectivity index (χ0v) is 34.5. The third kappa shape index (κ3) is 9.20. The molecular formula is C43H51F4N9O5. The number of benzene rings is 2. The third-order valence-corrected chi connectivity index (χ3v) is 12.2. The Bertz CT molecular complexity index is 2420. The number of rotatable bonds is 10. The molecule has 3 fully saturated rings. The molecule has 4 aromatic rings. The second-order valence-electron chi connectivity index (χ2n) is 17.0. The van der Waals surface area contributed by atoms with Crippen molar-refractivity contribution in [1.29, 1.82) is 0 Å². The highest BCUT2D eigenvalue weighted by Gasteiger charge is 2.37. The van der Waals surface area contributed by atoms with Gasteiger partial charge in [0, 0.05) is 67.4 Å². The van der Waals surface area contributed by atoms with E-state index in [1.807, 2.05) is 18.0 Å². The van der Waals surface area contributed by atoms with E-state index in [9.17, 15) is 37.5 Å². The molecule has 61 heavy (non-hydrogen) atoms. The maximum absolute atomic E-state index is 16.1. The third-order valence-electron chi connectivity index (χ3n) is 12.2. The number of aromatic nitrogens is 3. The number of hydrogen-bond donors (Lipinski definition) is 4. The fourth-order valence-corrected chi connectivity index (χ4v) is 8.98. The highest BCUT2D eigenvalue weighted by Crippen LogP contribution is 2.36. The number of para-hydroxylation sites is 1. The zero-order valence-electron chi connectivity index (χ0n) is 34.5. The van der Waals surface area contributed by atoms with Gasteiger partial charge in [0.05, 0.1) is 28.9 Å². The number of anilines is 3. The van der Waals surface area contributed by atoms with Crippen LogP contribution in [0, 0.1) is 5.92 Å². The monoisotopic (exact) mass is 849 g/mol. The lowest BCUT2D eigenvalue weighted by atomic mass is 9.85. The second-order valence-corrected chi connectivity index (χ2v) is 17.0. The van der Waals surface area contributed by atoms with Gasteiger partial charge in [0.25, 0.3) is 5.91 Å². The maximum Gasteiger partial charge on any atom is 0.433 e. The minimum absolute atomic E-state index is 0.0112. The first-order chi connectivity index (χ1) is 28.8. The molecule has 4 heterocycles. The van der Waals surface area contributed by atoms with Gasteiger partial charge >= 0.3 is 11.9 Å². The van der Waals surface area contributed by atoms with E-state index in [0.29, 0.717) is 46.9 Å². The molecule has 2 aromatic carbocycles. The van der Waals surface area contributed by atoms with E-state index in [1.54, 1.807) is 25.4 Å². The Morgan fingerprint density at radius 3 is 2.46 bits per heavy atom. The van der Waals surface area contributed by atoms with Crippen LogP contribution in [0.3, 0.4) is 0 Å². The number of pyridine rings is 1. The molecule has 2 aliphatic heterocycles. The maximum atomic E-state index is 16.1. The number of imidazole rings is 1. The molecule has 2 aromatic heterocycles. The lowest BCUT2D eigenvalue weighted by Gasteiger charge is -2.42. The van der Waals surface area contributed by atoms with Crippen LogP contribution in [0.5, 0.6) is 0 Å². The van der Waals surface area contributed by atoms with Crippen molar-refractivity contribution < 1.29 is 37.1 Å². The van der Waals surface area contributed by atoms with E-state index < -0.39 is 47.2 Å². The van der Waals surface area contributed by atoms with Crippen molar-refractivity contribution in [3.63, 3.8) is 0 Å². The molecule has 3 atom stereocenters. The number of aliphatic hydroxyl groups is 1. The molecule has 1 aliphatic carbocycles. The molecule has 1 saturated carbocycles. The number of nitrogens with one attached hydrogen (secondary N) is 2. The highest BCUT2D eigenvalue weighted by atomic mass is 19.4. The molecule has 3 aliphatic rings. The van der Waals surface area contributed by atoms with Crippen molar-refractivity contribution >= 4 is 52.0 Å². The van der Waals surface area contributed by atoms with Crippen LogP contribution >= 0.6 is 0 Å². The van der Waals surface area contributed by atoms with Crippen molar-refractivity contribution in [1.82, 2.24) is 24.3 Å². The van der Waals surface area contributed by atoms with Gasteiger partial charge < -0.3 is 26.0 Å². The summed E-state index contributed by atoms with van der Waals surface area (Å²) in [6, 6.07) is 10.4. The summed E-state index contributed by atoms with van der Waals surface area (Å²) >= 11 is 0. The molecule has 3 amide bonds. The SMILES string of the molecule is CN(CC1CCC(N=Cc2cc(NC(=O)c3cccc(C(F)(F)F)n3)c(C(C)(C)O)cc2N)CC1)[C@H]1CCN(c2cccc3c2n(C)c(=O)n3C2CCC(=O)NC2=O)C[C@@H]1F. The van der Waals surface area contributed by atoms with Crippen LogP contribution in [0.2, 0.25) is 0 Å². The quantitative estimate of drug-likeness (QED) is 0.0712. The molecule has 1 unspecified atom stereocenters. The smallest absolute Gasteiger partial charge is 0.398 e. The zero-order chi connectivity index (χ0) is 44.0. The first-order valence-corrected chi connectivity index (χ1v) is 20.5. The van der Waals surface area contributed by atoms with E-state index in [1.165, 1.54) is 41.2 Å². The summed E-state index contributed by atoms with van der Waals surface area (Å²) in [5.74, 6) is -1.43. The minimum Gasteiger partial charge on any atom is -0.398 e. The number of nitrogens with two attached hydrogens (primary N) is 1. The van der Waals surface area contributed by atoms with Gasteiger partial charge in [0.1, 0.15) is 23.6 Å². The summed E-state index contributed by atoms with van der Waals surface area (Å²) in [6.07, 6.45) is -0.00733. The number of nitrogen functional groups attached to an aromatic ring is 1. The number of alkyl halides is 4. The normalized spacial score (nSPS) is 22.9. The molecule has 7 rings (SSSR count). The van der Waals surface area contributed by atoms with Gasteiger partial charge in [-0.1, -0.05) is 12.1 Å². The average Bonchev–Trinajstić information content (AvgIpc) is 3.46. The van der Waals surface area contributed by atoms with Crippen LogP contribution < -0.4 is 27.0 Å². The Balaban J connectivity index is 0.958. The molecule has 14 nitrogen and oxygen atoms in total. The van der Waals surface area contributed by atoms with Gasteiger partial charge in [0.2, 0.25) is 11.8 Å². The summed E-state index contributed by atoms with van der Waals surface area (Å²) in [7, 11) is 3.60. The van der Waals surface area contributed by atoms with Crippen LogP contribution in [0.1, 0.15) is 92.1 Å². The van der Waals surface area contributed by atoms with Gasteiger partial charge in [-0.2, -0.15) is 13.2 Å².